The van der Waals surface area contributed by atoms with E-state index >= 15 is 0 Å². The molecular weight excluding hydrogens is 238 g/mol. The Morgan fingerprint density at radius 1 is 1.47 bits per heavy atom. The number of H-pyrrole nitrogens is 1. The zero-order valence-corrected chi connectivity index (χ0v) is 10.4. The molecule has 2 unspecified atom stereocenters. The van der Waals surface area contributed by atoms with Crippen molar-refractivity contribution in [3.8, 4) is 0 Å². The van der Waals surface area contributed by atoms with Gasteiger partial charge in [-0.1, -0.05) is 0 Å². The first-order valence-corrected chi connectivity index (χ1v) is 7.44. The quantitative estimate of drug-likeness (QED) is 0.832. The van der Waals surface area contributed by atoms with Gasteiger partial charge < -0.3 is 10.7 Å². The van der Waals surface area contributed by atoms with E-state index in [1.807, 2.05) is 0 Å². The third-order valence-corrected chi connectivity index (χ3v) is 5.80. The highest BCUT2D eigenvalue weighted by atomic mass is 32.2. The smallest absolute Gasteiger partial charge is 0.244 e. The average Bonchev–Trinajstić information content (AvgIpc) is 3.04. The van der Waals surface area contributed by atoms with Crippen LogP contribution in [0.15, 0.2) is 17.2 Å². The number of rotatable bonds is 3. The Morgan fingerprint density at radius 2 is 2.29 bits per heavy atom. The van der Waals surface area contributed by atoms with Gasteiger partial charge in [-0.25, -0.2) is 8.42 Å². The van der Waals surface area contributed by atoms with Crippen molar-refractivity contribution in [3.63, 3.8) is 0 Å². The number of piperidine rings is 1. The molecule has 5 nitrogen and oxygen atoms in total. The normalized spacial score (nSPS) is 29.0. The first-order chi connectivity index (χ1) is 8.11. The Hall–Kier alpha value is -0.850. The summed E-state index contributed by atoms with van der Waals surface area (Å²) in [5.74, 6) is 0.572. The van der Waals surface area contributed by atoms with E-state index in [0.29, 0.717) is 23.9 Å². The third-order valence-electron chi connectivity index (χ3n) is 3.90. The molecule has 0 amide bonds. The van der Waals surface area contributed by atoms with Crippen LogP contribution < -0.4 is 5.73 Å². The van der Waals surface area contributed by atoms with Crippen molar-refractivity contribution >= 4 is 10.0 Å². The van der Waals surface area contributed by atoms with Crippen molar-refractivity contribution < 1.29 is 8.42 Å². The van der Waals surface area contributed by atoms with Crippen LogP contribution in [0, 0.1) is 5.92 Å². The van der Waals surface area contributed by atoms with Crippen LogP contribution in [0.3, 0.4) is 0 Å². The summed E-state index contributed by atoms with van der Waals surface area (Å²) in [4.78, 5) is 3.25. The molecule has 2 heterocycles. The molecule has 3 rings (SSSR count). The second-order valence-corrected chi connectivity index (χ2v) is 6.86. The van der Waals surface area contributed by atoms with Gasteiger partial charge in [-0.3, -0.25) is 0 Å². The lowest BCUT2D eigenvalue weighted by Crippen LogP contribution is -2.37. The van der Waals surface area contributed by atoms with Crippen molar-refractivity contribution in [1.82, 2.24) is 9.29 Å². The van der Waals surface area contributed by atoms with Crippen molar-refractivity contribution in [2.45, 2.75) is 36.7 Å². The van der Waals surface area contributed by atoms with Crippen molar-refractivity contribution in [2.24, 2.45) is 11.7 Å². The number of nitrogens with two attached hydrogens (primary N) is 1. The van der Waals surface area contributed by atoms with E-state index in [1.165, 1.54) is 6.42 Å². The zero-order chi connectivity index (χ0) is 12.0. The molecule has 2 fully saturated rings. The van der Waals surface area contributed by atoms with Crippen LogP contribution in [-0.4, -0.2) is 30.3 Å². The van der Waals surface area contributed by atoms with Crippen LogP contribution in [0.2, 0.25) is 0 Å². The van der Waals surface area contributed by atoms with Crippen molar-refractivity contribution in [3.05, 3.63) is 18.0 Å². The van der Waals surface area contributed by atoms with Gasteiger partial charge in [-0.05, 0) is 31.2 Å². The van der Waals surface area contributed by atoms with Gasteiger partial charge in [0, 0.05) is 31.0 Å². The number of nitrogens with zero attached hydrogens (tertiary/aromatic N) is 1. The highest BCUT2D eigenvalue weighted by Gasteiger charge is 2.44. The number of nitrogens with one attached hydrogen (secondary N) is 1. The van der Waals surface area contributed by atoms with E-state index in [4.69, 9.17) is 5.73 Å². The highest BCUT2D eigenvalue weighted by molar-refractivity contribution is 7.89. The molecule has 1 saturated heterocycles. The summed E-state index contributed by atoms with van der Waals surface area (Å²) >= 11 is 0. The summed E-state index contributed by atoms with van der Waals surface area (Å²) in [6.07, 6.45) is 4.77. The molecule has 1 aliphatic heterocycles. The van der Waals surface area contributed by atoms with Gasteiger partial charge in [0.15, 0.2) is 0 Å². The molecule has 1 aromatic rings. The fourth-order valence-corrected chi connectivity index (χ4v) is 4.76. The second-order valence-electron chi connectivity index (χ2n) is 4.97. The Labute approximate surface area is 101 Å². The minimum absolute atomic E-state index is 0.223. The van der Waals surface area contributed by atoms with Crippen LogP contribution in [0.25, 0.3) is 0 Å². The molecule has 1 saturated carbocycles. The fourth-order valence-electron chi connectivity index (χ4n) is 2.99. The van der Waals surface area contributed by atoms with Crippen LogP contribution in [-0.2, 0) is 16.6 Å². The molecule has 2 aliphatic rings. The number of sulfonamides is 1. The van der Waals surface area contributed by atoms with Gasteiger partial charge in [0.05, 0.1) is 4.90 Å². The minimum Gasteiger partial charge on any atom is -0.363 e. The van der Waals surface area contributed by atoms with E-state index in [-0.39, 0.29) is 6.04 Å². The highest BCUT2D eigenvalue weighted by Crippen LogP contribution is 2.40. The SMILES string of the molecule is NCc1cc(S(=O)(=O)N2CC3CCC2C3)c[nH]1. The van der Waals surface area contributed by atoms with Crippen molar-refractivity contribution in [1.29, 1.82) is 0 Å². The molecule has 17 heavy (non-hydrogen) atoms. The van der Waals surface area contributed by atoms with Gasteiger partial charge >= 0.3 is 0 Å². The summed E-state index contributed by atoms with van der Waals surface area (Å²) in [5.41, 5.74) is 6.24. The van der Waals surface area contributed by atoms with E-state index in [1.54, 1.807) is 16.6 Å². The average molecular weight is 255 g/mol. The Balaban J connectivity index is 1.90. The molecule has 2 atom stereocenters. The van der Waals surface area contributed by atoms with Gasteiger partial charge in [-0.15, -0.1) is 0 Å². The topological polar surface area (TPSA) is 79.2 Å². The molecule has 6 heteroatoms. The number of hydrogen-bond acceptors (Lipinski definition) is 3. The molecule has 0 aromatic carbocycles. The summed E-state index contributed by atoms with van der Waals surface area (Å²) in [5, 5.41) is 0. The first kappa shape index (κ1) is 11.3. The van der Waals surface area contributed by atoms with Gasteiger partial charge in [0.2, 0.25) is 10.0 Å². The van der Waals surface area contributed by atoms with E-state index in [9.17, 15) is 8.42 Å². The minimum atomic E-state index is -3.31. The Kier molecular flexibility index (Phi) is 2.53. The summed E-state index contributed by atoms with van der Waals surface area (Å²) in [6.45, 7) is 1.03. The molecule has 1 aliphatic carbocycles. The van der Waals surface area contributed by atoms with Crippen LogP contribution in [0.5, 0.6) is 0 Å². The van der Waals surface area contributed by atoms with E-state index in [0.717, 1.165) is 18.5 Å². The largest absolute Gasteiger partial charge is 0.363 e. The molecular formula is C11H17N3O2S. The van der Waals surface area contributed by atoms with Gasteiger partial charge in [0.1, 0.15) is 0 Å². The lowest BCUT2D eigenvalue weighted by atomic mass is 10.1. The predicted octanol–water partition coefficient (Wildman–Crippen LogP) is 0.646. The third kappa shape index (κ3) is 1.71. The lowest BCUT2D eigenvalue weighted by Gasteiger charge is -2.25. The Morgan fingerprint density at radius 3 is 2.82 bits per heavy atom. The predicted molar refractivity (Wildman–Crippen MR) is 63.7 cm³/mol. The molecule has 2 bridgehead atoms. The monoisotopic (exact) mass is 255 g/mol. The number of hydrogen-bond donors (Lipinski definition) is 2. The Bertz CT molecular complexity index is 523. The maximum absolute atomic E-state index is 12.4. The number of aromatic nitrogens is 1. The molecule has 94 valence electrons. The van der Waals surface area contributed by atoms with Crippen LogP contribution >= 0.6 is 0 Å². The second kappa shape index (κ2) is 3.83. The summed E-state index contributed by atoms with van der Waals surface area (Å²) in [7, 11) is -3.31. The molecule has 0 radical (unpaired) electrons. The zero-order valence-electron chi connectivity index (χ0n) is 9.59. The fraction of sp³-hybridized carbons (Fsp3) is 0.636. The maximum Gasteiger partial charge on any atom is 0.244 e. The number of aromatic amines is 1. The first-order valence-electron chi connectivity index (χ1n) is 6.00. The summed E-state index contributed by atoms with van der Waals surface area (Å²) in [6, 6.07) is 1.86. The lowest BCUT2D eigenvalue weighted by molar-refractivity contribution is 0.333. The van der Waals surface area contributed by atoms with Gasteiger partial charge in [0.25, 0.3) is 0 Å². The summed E-state index contributed by atoms with van der Waals surface area (Å²) < 4.78 is 26.5. The van der Waals surface area contributed by atoms with Crippen molar-refractivity contribution in [2.75, 3.05) is 6.54 Å². The van der Waals surface area contributed by atoms with E-state index in [2.05, 4.69) is 4.98 Å². The standard InChI is InChI=1S/C11H17N3O2S/c12-5-9-4-11(6-13-9)17(15,16)14-7-8-1-2-10(14)3-8/h4,6,8,10,13H,1-3,5,7,12H2. The van der Waals surface area contributed by atoms with Crippen LogP contribution in [0.4, 0.5) is 0 Å². The number of fused-ring (bicyclic) bond motifs is 2. The van der Waals surface area contributed by atoms with Gasteiger partial charge in [-0.2, -0.15) is 4.31 Å². The van der Waals surface area contributed by atoms with E-state index < -0.39 is 10.0 Å². The maximum atomic E-state index is 12.4. The van der Waals surface area contributed by atoms with Crippen LogP contribution in [0.1, 0.15) is 25.0 Å². The molecule has 0 spiro atoms. The molecule has 1 aromatic heterocycles. The molecule has 3 N–H and O–H groups in total.